The van der Waals surface area contributed by atoms with Crippen LogP contribution >= 0.6 is 0 Å². The van der Waals surface area contributed by atoms with Gasteiger partial charge < -0.3 is 15.7 Å². The highest BCUT2D eigenvalue weighted by molar-refractivity contribution is 5.53. The Balaban J connectivity index is 1.95. The molecule has 0 bridgehead atoms. The highest BCUT2D eigenvalue weighted by Gasteiger charge is 2.55. The lowest BCUT2D eigenvalue weighted by Crippen LogP contribution is -2.57. The summed E-state index contributed by atoms with van der Waals surface area (Å²) in [5, 5.41) is 13.7. The second-order valence-corrected chi connectivity index (χ2v) is 5.07. The number of alkyl halides is 3. The molecule has 0 aliphatic carbocycles. The van der Waals surface area contributed by atoms with Gasteiger partial charge in [-0.2, -0.15) is 32.8 Å². The van der Waals surface area contributed by atoms with Gasteiger partial charge in [-0.15, -0.1) is 0 Å². The van der Waals surface area contributed by atoms with Crippen molar-refractivity contribution in [2.75, 3.05) is 23.7 Å². The molecule has 0 aromatic carbocycles. The van der Waals surface area contributed by atoms with Gasteiger partial charge in [-0.3, -0.25) is 0 Å². The summed E-state index contributed by atoms with van der Waals surface area (Å²) >= 11 is 0. The van der Waals surface area contributed by atoms with Crippen molar-refractivity contribution in [2.45, 2.75) is 24.6 Å². The van der Waals surface area contributed by atoms with Crippen molar-refractivity contribution in [3.8, 4) is 0 Å². The number of aliphatic hydroxyl groups is 1. The summed E-state index contributed by atoms with van der Waals surface area (Å²) in [5.74, 6) is 0.662. The maximum Gasteiger partial charge on any atom is 0.418 e. The Morgan fingerprint density at radius 3 is 2.86 bits per heavy atom. The molecule has 2 aromatic heterocycles. The molecule has 0 amide bonds. The van der Waals surface area contributed by atoms with Crippen LogP contribution in [0.3, 0.4) is 0 Å². The highest BCUT2D eigenvalue weighted by atomic mass is 19.4. The molecule has 3 rings (SSSR count). The molecule has 2 aromatic rings. The molecule has 1 aliphatic rings. The molecule has 7 nitrogen and oxygen atoms in total. The molecule has 10 heteroatoms. The van der Waals surface area contributed by atoms with Crippen LogP contribution in [-0.4, -0.2) is 49.6 Å². The number of nitrogen functional groups attached to an aromatic ring is 1. The maximum absolute atomic E-state index is 12.9. The Morgan fingerprint density at radius 1 is 1.38 bits per heavy atom. The lowest BCUT2D eigenvalue weighted by atomic mass is 9.92. The average molecular weight is 302 g/mol. The molecule has 0 saturated carbocycles. The zero-order valence-corrected chi connectivity index (χ0v) is 10.9. The van der Waals surface area contributed by atoms with Crippen LogP contribution in [0.5, 0.6) is 0 Å². The van der Waals surface area contributed by atoms with Crippen LogP contribution in [-0.2, 0) is 0 Å². The summed E-state index contributed by atoms with van der Waals surface area (Å²) in [5.41, 5.74) is 3.04. The van der Waals surface area contributed by atoms with Gasteiger partial charge in [-0.05, 0) is 12.8 Å². The third kappa shape index (κ3) is 2.24. The van der Waals surface area contributed by atoms with Gasteiger partial charge in [0.25, 0.3) is 5.78 Å². The second kappa shape index (κ2) is 4.45. The van der Waals surface area contributed by atoms with E-state index in [2.05, 4.69) is 15.1 Å². The van der Waals surface area contributed by atoms with E-state index in [-0.39, 0.29) is 30.3 Å². The number of hydrogen-bond acceptors (Lipinski definition) is 6. The summed E-state index contributed by atoms with van der Waals surface area (Å²) in [6, 6.07) is 1.42. The summed E-state index contributed by atoms with van der Waals surface area (Å²) in [6.45, 7) is -0.220. The minimum absolute atomic E-state index is 0.200. The topological polar surface area (TPSA) is 92.6 Å². The molecule has 1 saturated heterocycles. The van der Waals surface area contributed by atoms with Crippen LogP contribution in [0.15, 0.2) is 12.4 Å². The van der Waals surface area contributed by atoms with Crippen LogP contribution in [0.25, 0.3) is 5.78 Å². The van der Waals surface area contributed by atoms with Crippen molar-refractivity contribution in [2.24, 2.45) is 0 Å². The fourth-order valence-corrected chi connectivity index (χ4v) is 2.45. The Morgan fingerprint density at radius 2 is 2.14 bits per heavy atom. The minimum Gasteiger partial charge on any atom is -0.383 e. The first-order chi connectivity index (χ1) is 9.80. The second-order valence-electron chi connectivity index (χ2n) is 5.07. The molecule has 21 heavy (non-hydrogen) atoms. The molecule has 114 valence electrons. The van der Waals surface area contributed by atoms with Gasteiger partial charge in [0.2, 0.25) is 0 Å². The van der Waals surface area contributed by atoms with Gasteiger partial charge in [0, 0.05) is 12.6 Å². The molecule has 0 spiro atoms. The predicted octanol–water partition coefficient (Wildman–Crippen LogP) is 0.600. The Kier molecular flexibility index (Phi) is 2.94. The van der Waals surface area contributed by atoms with Gasteiger partial charge >= 0.3 is 6.18 Å². The van der Waals surface area contributed by atoms with E-state index in [1.807, 2.05) is 0 Å². The lowest BCUT2D eigenvalue weighted by molar-refractivity contribution is -0.261. The summed E-state index contributed by atoms with van der Waals surface area (Å²) < 4.78 is 40.1. The number of aromatic nitrogens is 4. The molecule has 0 radical (unpaired) electrons. The van der Waals surface area contributed by atoms with Crippen molar-refractivity contribution in [3.05, 3.63) is 12.4 Å². The van der Waals surface area contributed by atoms with E-state index in [0.717, 1.165) is 0 Å². The molecule has 3 heterocycles. The fourth-order valence-electron chi connectivity index (χ4n) is 2.45. The standard InChI is InChI=1S/C11H13F3N6O/c12-11(13,14)10(21)2-1-3-19(5-10)8-4-7(15)20-9(18-8)16-6-17-20/h4,6,21H,1-3,5,15H2. The molecule has 1 fully saturated rings. The van der Waals surface area contributed by atoms with E-state index in [1.54, 1.807) is 0 Å². The number of halogens is 3. The fraction of sp³-hybridized carbons (Fsp3) is 0.545. The van der Waals surface area contributed by atoms with Gasteiger partial charge in [-0.1, -0.05) is 0 Å². The van der Waals surface area contributed by atoms with Crippen molar-refractivity contribution in [3.63, 3.8) is 0 Å². The molecule has 1 unspecified atom stereocenters. The summed E-state index contributed by atoms with van der Waals surface area (Å²) in [4.78, 5) is 9.36. The molecule has 1 aliphatic heterocycles. The molecule has 1 atom stereocenters. The van der Waals surface area contributed by atoms with E-state index in [4.69, 9.17) is 5.73 Å². The van der Waals surface area contributed by atoms with Crippen molar-refractivity contribution < 1.29 is 18.3 Å². The summed E-state index contributed by atoms with van der Waals surface area (Å²) in [7, 11) is 0. The number of piperidine rings is 1. The highest BCUT2D eigenvalue weighted by Crippen LogP contribution is 2.38. The zero-order chi connectivity index (χ0) is 15.3. The normalized spacial score (nSPS) is 23.7. The first-order valence-corrected chi connectivity index (χ1v) is 6.30. The van der Waals surface area contributed by atoms with Crippen LogP contribution in [0.2, 0.25) is 0 Å². The zero-order valence-electron chi connectivity index (χ0n) is 10.9. The smallest absolute Gasteiger partial charge is 0.383 e. The monoisotopic (exact) mass is 302 g/mol. The number of fused-ring (bicyclic) bond motifs is 1. The largest absolute Gasteiger partial charge is 0.418 e. The Labute approximate surface area is 117 Å². The lowest BCUT2D eigenvalue weighted by Gasteiger charge is -2.40. The molecule has 3 N–H and O–H groups in total. The average Bonchev–Trinajstić information content (AvgIpc) is 2.86. The third-order valence-electron chi connectivity index (χ3n) is 3.59. The van der Waals surface area contributed by atoms with E-state index in [1.165, 1.54) is 21.8 Å². The van der Waals surface area contributed by atoms with Crippen LogP contribution < -0.4 is 10.6 Å². The van der Waals surface area contributed by atoms with E-state index >= 15 is 0 Å². The number of nitrogens with two attached hydrogens (primary N) is 1. The van der Waals surface area contributed by atoms with Crippen molar-refractivity contribution in [1.82, 2.24) is 19.6 Å². The number of rotatable bonds is 1. The van der Waals surface area contributed by atoms with Gasteiger partial charge in [0.1, 0.15) is 18.0 Å². The number of nitrogens with zero attached hydrogens (tertiary/aromatic N) is 5. The Bertz CT molecular complexity index is 672. The van der Waals surface area contributed by atoms with E-state index < -0.39 is 18.3 Å². The number of anilines is 2. The van der Waals surface area contributed by atoms with Gasteiger partial charge in [0.05, 0.1) is 6.54 Å². The van der Waals surface area contributed by atoms with Crippen LogP contribution in [0, 0.1) is 0 Å². The van der Waals surface area contributed by atoms with Crippen LogP contribution in [0.1, 0.15) is 12.8 Å². The summed E-state index contributed by atoms with van der Waals surface area (Å²) in [6.07, 6.45) is -3.55. The van der Waals surface area contributed by atoms with Crippen molar-refractivity contribution >= 4 is 17.4 Å². The first-order valence-electron chi connectivity index (χ1n) is 6.30. The van der Waals surface area contributed by atoms with E-state index in [0.29, 0.717) is 6.54 Å². The molecular weight excluding hydrogens is 289 g/mol. The molecular formula is C11H13F3N6O. The maximum atomic E-state index is 12.9. The predicted molar refractivity (Wildman–Crippen MR) is 67.6 cm³/mol. The number of hydrogen-bond donors (Lipinski definition) is 2. The van der Waals surface area contributed by atoms with E-state index in [9.17, 15) is 18.3 Å². The Hall–Kier alpha value is -2.10. The number of β-amino-alcohol motifs (C(OH)–C–C–N with tert-alkyl or cyclic N) is 1. The first kappa shape index (κ1) is 13.9. The SMILES string of the molecule is Nc1cc(N2CCCC(O)(C(F)(F)F)C2)nc2ncnn12. The third-order valence-corrected chi connectivity index (χ3v) is 3.59. The van der Waals surface area contributed by atoms with Crippen LogP contribution in [0.4, 0.5) is 24.8 Å². The quantitative estimate of drug-likeness (QED) is 0.801. The van der Waals surface area contributed by atoms with Gasteiger partial charge in [0.15, 0.2) is 5.60 Å². The van der Waals surface area contributed by atoms with Gasteiger partial charge in [-0.25, -0.2) is 0 Å². The van der Waals surface area contributed by atoms with Crippen molar-refractivity contribution in [1.29, 1.82) is 0 Å². The minimum atomic E-state index is -4.68.